The van der Waals surface area contributed by atoms with Gasteiger partial charge in [-0.1, -0.05) is 50.2 Å². The molecule has 4 rings (SSSR count). The van der Waals surface area contributed by atoms with E-state index >= 15 is 0 Å². The Morgan fingerprint density at radius 3 is 2.14 bits per heavy atom. The molecule has 1 aliphatic rings. The second-order valence-corrected chi connectivity index (χ2v) is 7.92. The number of aryl methyl sites for hydroxylation is 2. The first-order chi connectivity index (χ1) is 16.8. The standard InChI is InChI=1S/C20H19N3O3.C8H11N/c1-3-14-6-4-5-7-18(14)21-12-17-13(2)22-23(19(17)24)16-10-8-15(9-11-16)20(25)26;1-2-7-5-3-4-6-8(7)9/h4-12,21H,3H2,1-2H3,(H,25,26);3-6H,2,9H2,1H3/b17-12+;. The summed E-state index contributed by atoms with van der Waals surface area (Å²) in [5.41, 5.74) is 11.6. The Kier molecular flexibility index (Phi) is 8.40. The number of nitrogens with zero attached hydrogens (tertiary/aromatic N) is 2. The lowest BCUT2D eigenvalue weighted by atomic mass is 10.1. The van der Waals surface area contributed by atoms with Crippen LogP contribution in [0.4, 0.5) is 17.1 Å². The van der Waals surface area contributed by atoms with Crippen molar-refractivity contribution in [3.8, 4) is 0 Å². The van der Waals surface area contributed by atoms with Crippen LogP contribution in [0, 0.1) is 0 Å². The summed E-state index contributed by atoms with van der Waals surface area (Å²) < 4.78 is 0. The van der Waals surface area contributed by atoms with Crippen molar-refractivity contribution < 1.29 is 14.7 Å². The fourth-order valence-electron chi connectivity index (χ4n) is 3.58. The van der Waals surface area contributed by atoms with Gasteiger partial charge in [0, 0.05) is 17.6 Å². The number of benzene rings is 3. The maximum absolute atomic E-state index is 12.7. The van der Waals surface area contributed by atoms with E-state index in [1.807, 2.05) is 42.5 Å². The van der Waals surface area contributed by atoms with Crippen molar-refractivity contribution in [1.29, 1.82) is 0 Å². The monoisotopic (exact) mass is 470 g/mol. The van der Waals surface area contributed by atoms with Gasteiger partial charge in [0.2, 0.25) is 0 Å². The normalized spacial score (nSPS) is 13.8. The molecule has 0 aliphatic carbocycles. The van der Waals surface area contributed by atoms with Crippen molar-refractivity contribution in [3.05, 3.63) is 101 Å². The topological polar surface area (TPSA) is 108 Å². The molecule has 1 amide bonds. The van der Waals surface area contributed by atoms with Crippen LogP contribution in [0.15, 0.2) is 89.7 Å². The molecule has 0 unspecified atom stereocenters. The van der Waals surface area contributed by atoms with Crippen LogP contribution in [0.5, 0.6) is 0 Å². The van der Waals surface area contributed by atoms with Gasteiger partial charge in [0.25, 0.3) is 5.91 Å². The smallest absolute Gasteiger partial charge is 0.335 e. The van der Waals surface area contributed by atoms with Gasteiger partial charge in [-0.25, -0.2) is 4.79 Å². The van der Waals surface area contributed by atoms with Gasteiger partial charge < -0.3 is 16.2 Å². The van der Waals surface area contributed by atoms with Crippen molar-refractivity contribution in [2.45, 2.75) is 33.6 Å². The van der Waals surface area contributed by atoms with Gasteiger partial charge in [-0.05, 0) is 67.3 Å². The molecule has 3 aromatic carbocycles. The number of carbonyl (C=O) groups excluding carboxylic acids is 1. The van der Waals surface area contributed by atoms with Crippen LogP contribution in [-0.4, -0.2) is 22.7 Å². The Morgan fingerprint density at radius 1 is 0.971 bits per heavy atom. The molecule has 0 atom stereocenters. The maximum Gasteiger partial charge on any atom is 0.335 e. The molecule has 0 fully saturated rings. The van der Waals surface area contributed by atoms with Gasteiger partial charge in [0.1, 0.15) is 0 Å². The van der Waals surface area contributed by atoms with Crippen molar-refractivity contribution in [3.63, 3.8) is 0 Å². The fraction of sp³-hybridized carbons (Fsp3) is 0.179. The Balaban J connectivity index is 0.000000320. The van der Waals surface area contributed by atoms with Gasteiger partial charge in [-0.3, -0.25) is 4.79 Å². The van der Waals surface area contributed by atoms with Gasteiger partial charge in [0.15, 0.2) is 0 Å². The van der Waals surface area contributed by atoms with E-state index in [2.05, 4.69) is 30.3 Å². The molecule has 7 heteroatoms. The van der Waals surface area contributed by atoms with Crippen LogP contribution in [0.2, 0.25) is 0 Å². The lowest BCUT2D eigenvalue weighted by molar-refractivity contribution is -0.114. The number of rotatable bonds is 6. The lowest BCUT2D eigenvalue weighted by Gasteiger charge is -2.12. The first-order valence-electron chi connectivity index (χ1n) is 11.5. The summed E-state index contributed by atoms with van der Waals surface area (Å²) in [6.45, 7) is 5.94. The molecule has 0 aromatic heterocycles. The molecule has 0 spiro atoms. The summed E-state index contributed by atoms with van der Waals surface area (Å²) in [4.78, 5) is 23.6. The number of nitrogens with two attached hydrogens (primary N) is 1. The summed E-state index contributed by atoms with van der Waals surface area (Å²) in [6, 6.07) is 21.9. The molecular formula is C28H30N4O3. The Labute approximate surface area is 205 Å². The van der Waals surface area contributed by atoms with E-state index in [-0.39, 0.29) is 11.5 Å². The fourth-order valence-corrected chi connectivity index (χ4v) is 3.58. The predicted molar refractivity (Wildman–Crippen MR) is 142 cm³/mol. The third-order valence-electron chi connectivity index (χ3n) is 5.63. The van der Waals surface area contributed by atoms with Gasteiger partial charge >= 0.3 is 5.97 Å². The quantitative estimate of drug-likeness (QED) is 0.326. The van der Waals surface area contributed by atoms with Crippen molar-refractivity contribution in [2.75, 3.05) is 16.1 Å². The summed E-state index contributed by atoms with van der Waals surface area (Å²) in [5.74, 6) is -1.27. The number of para-hydroxylation sites is 2. The zero-order valence-corrected chi connectivity index (χ0v) is 20.2. The zero-order valence-electron chi connectivity index (χ0n) is 20.2. The van der Waals surface area contributed by atoms with Crippen molar-refractivity contribution in [1.82, 2.24) is 0 Å². The highest BCUT2D eigenvalue weighted by molar-refractivity contribution is 6.29. The van der Waals surface area contributed by atoms with Gasteiger partial charge in [-0.2, -0.15) is 10.1 Å². The molecule has 0 saturated heterocycles. The second kappa shape index (κ2) is 11.7. The first kappa shape index (κ1) is 25.2. The van der Waals surface area contributed by atoms with Crippen LogP contribution in [-0.2, 0) is 17.6 Å². The van der Waals surface area contributed by atoms with E-state index in [0.717, 1.165) is 29.8 Å². The number of carbonyl (C=O) groups is 2. The van der Waals surface area contributed by atoms with Crippen LogP contribution >= 0.6 is 0 Å². The minimum absolute atomic E-state index is 0.162. The highest BCUT2D eigenvalue weighted by Crippen LogP contribution is 2.24. The van der Waals surface area contributed by atoms with E-state index in [1.54, 1.807) is 25.3 Å². The molecule has 4 N–H and O–H groups in total. The molecule has 7 nitrogen and oxygen atoms in total. The number of anilines is 3. The summed E-state index contributed by atoms with van der Waals surface area (Å²) in [5, 5.41) is 17.7. The number of hydrogen-bond acceptors (Lipinski definition) is 5. The third-order valence-corrected chi connectivity index (χ3v) is 5.63. The van der Waals surface area contributed by atoms with E-state index in [4.69, 9.17) is 10.8 Å². The Hall–Kier alpha value is -4.39. The predicted octanol–water partition coefficient (Wildman–Crippen LogP) is 5.50. The van der Waals surface area contributed by atoms with E-state index in [0.29, 0.717) is 17.0 Å². The average molecular weight is 471 g/mol. The molecule has 35 heavy (non-hydrogen) atoms. The highest BCUT2D eigenvalue weighted by atomic mass is 16.4. The molecule has 1 aliphatic heterocycles. The van der Waals surface area contributed by atoms with Crippen LogP contribution < -0.4 is 16.1 Å². The number of nitrogen functional groups attached to an aromatic ring is 1. The molecular weight excluding hydrogens is 440 g/mol. The summed E-state index contributed by atoms with van der Waals surface area (Å²) >= 11 is 0. The van der Waals surface area contributed by atoms with E-state index in [1.165, 1.54) is 22.7 Å². The van der Waals surface area contributed by atoms with Crippen molar-refractivity contribution >= 4 is 34.7 Å². The summed E-state index contributed by atoms with van der Waals surface area (Å²) in [7, 11) is 0. The van der Waals surface area contributed by atoms with Gasteiger partial charge in [-0.15, -0.1) is 0 Å². The first-order valence-corrected chi connectivity index (χ1v) is 11.5. The zero-order chi connectivity index (χ0) is 25.4. The number of carboxylic acids is 1. The molecule has 3 aromatic rings. The number of amides is 1. The highest BCUT2D eigenvalue weighted by Gasteiger charge is 2.28. The molecule has 0 bridgehead atoms. The number of aromatic carboxylic acids is 1. The van der Waals surface area contributed by atoms with E-state index < -0.39 is 5.97 Å². The molecule has 0 radical (unpaired) electrons. The SMILES string of the molecule is CCc1ccccc1N.CCc1ccccc1N/C=C1/C(=O)N(c2ccc(C(=O)O)cc2)N=C1C. The number of carboxylic acid groups (broad SMARTS) is 1. The van der Waals surface area contributed by atoms with Gasteiger partial charge in [0.05, 0.1) is 22.5 Å². The minimum atomic E-state index is -1.01. The number of hydrogen-bond donors (Lipinski definition) is 3. The number of hydrazone groups is 1. The Morgan fingerprint density at radius 2 is 1.57 bits per heavy atom. The molecule has 0 saturated carbocycles. The maximum atomic E-state index is 12.7. The molecule has 180 valence electrons. The lowest BCUT2D eigenvalue weighted by Crippen LogP contribution is -2.21. The van der Waals surface area contributed by atoms with Crippen LogP contribution in [0.25, 0.3) is 0 Å². The minimum Gasteiger partial charge on any atom is -0.478 e. The Bertz CT molecular complexity index is 1260. The molecule has 1 heterocycles. The van der Waals surface area contributed by atoms with Crippen LogP contribution in [0.1, 0.15) is 42.3 Å². The van der Waals surface area contributed by atoms with E-state index in [9.17, 15) is 9.59 Å². The number of nitrogens with one attached hydrogen (secondary N) is 1. The average Bonchev–Trinajstić information content (AvgIpc) is 3.16. The summed E-state index contributed by atoms with van der Waals surface area (Å²) in [6.07, 6.45) is 3.57. The second-order valence-electron chi connectivity index (χ2n) is 7.92. The van der Waals surface area contributed by atoms with Crippen molar-refractivity contribution in [2.24, 2.45) is 5.10 Å². The largest absolute Gasteiger partial charge is 0.478 e. The third kappa shape index (κ3) is 6.14. The van der Waals surface area contributed by atoms with Crippen LogP contribution in [0.3, 0.4) is 0 Å².